The molecule has 0 radical (unpaired) electrons. The van der Waals surface area contributed by atoms with Gasteiger partial charge in [-0.2, -0.15) is 0 Å². The third-order valence-electron chi connectivity index (χ3n) is 2.69. The fourth-order valence-corrected chi connectivity index (χ4v) is 2.76. The van der Waals surface area contributed by atoms with Crippen LogP contribution in [0.5, 0.6) is 0 Å². The van der Waals surface area contributed by atoms with Gasteiger partial charge in [0.05, 0.1) is 5.01 Å². The summed E-state index contributed by atoms with van der Waals surface area (Å²) in [7, 11) is 0. The smallest absolute Gasteiger partial charge is 0.0972 e. The molecule has 1 N–H and O–H groups in total. The number of aromatic nitrogens is 1. The zero-order valence-electron chi connectivity index (χ0n) is 11.5. The second-order valence-electron chi connectivity index (χ2n) is 5.59. The maximum absolute atomic E-state index is 6.17. The van der Waals surface area contributed by atoms with Crippen molar-refractivity contribution in [3.05, 3.63) is 50.9 Å². The molecule has 0 atom stereocenters. The highest BCUT2D eigenvalue weighted by Crippen LogP contribution is 2.22. The van der Waals surface area contributed by atoms with E-state index in [1.54, 1.807) is 11.3 Å². The molecule has 4 heteroatoms. The molecule has 0 fully saturated rings. The molecule has 2 aromatic rings. The predicted octanol–water partition coefficient (Wildman–Crippen LogP) is 4.28. The van der Waals surface area contributed by atoms with Crippen molar-refractivity contribution in [2.75, 3.05) is 0 Å². The largest absolute Gasteiger partial charge is 0.307 e. The standard InChI is InChI=1S/C15H19ClN2S/c1-15(2,3)18-10-12-9-17-14(19-12)8-11-6-4-5-7-13(11)16/h4-7,9,18H,8,10H2,1-3H3. The van der Waals surface area contributed by atoms with Crippen molar-refractivity contribution in [3.63, 3.8) is 0 Å². The van der Waals surface area contributed by atoms with Crippen LogP contribution in [0.3, 0.4) is 0 Å². The molecule has 0 spiro atoms. The number of benzene rings is 1. The zero-order valence-corrected chi connectivity index (χ0v) is 13.1. The molecular weight excluding hydrogens is 276 g/mol. The summed E-state index contributed by atoms with van der Waals surface area (Å²) in [6.45, 7) is 7.36. The summed E-state index contributed by atoms with van der Waals surface area (Å²) in [5.41, 5.74) is 1.27. The quantitative estimate of drug-likeness (QED) is 0.910. The molecular formula is C15H19ClN2S. The Morgan fingerprint density at radius 1 is 1.26 bits per heavy atom. The van der Waals surface area contributed by atoms with E-state index in [9.17, 15) is 0 Å². The molecule has 102 valence electrons. The van der Waals surface area contributed by atoms with Gasteiger partial charge < -0.3 is 5.32 Å². The summed E-state index contributed by atoms with van der Waals surface area (Å²) >= 11 is 7.91. The second kappa shape index (κ2) is 6.04. The van der Waals surface area contributed by atoms with Crippen LogP contribution < -0.4 is 5.32 Å². The van der Waals surface area contributed by atoms with E-state index in [0.717, 1.165) is 28.6 Å². The van der Waals surface area contributed by atoms with E-state index in [-0.39, 0.29) is 5.54 Å². The Kier molecular flexibility index (Phi) is 4.61. The normalized spacial score (nSPS) is 11.8. The summed E-state index contributed by atoms with van der Waals surface area (Å²) < 4.78 is 0. The molecule has 1 aromatic carbocycles. The topological polar surface area (TPSA) is 24.9 Å². The van der Waals surface area contributed by atoms with Crippen molar-refractivity contribution in [1.82, 2.24) is 10.3 Å². The number of halogens is 1. The Morgan fingerprint density at radius 2 is 2.00 bits per heavy atom. The van der Waals surface area contributed by atoms with Gasteiger partial charge in [0.2, 0.25) is 0 Å². The third-order valence-corrected chi connectivity index (χ3v) is 4.06. The van der Waals surface area contributed by atoms with Gasteiger partial charge in [0.1, 0.15) is 0 Å². The maximum atomic E-state index is 6.17. The average Bonchev–Trinajstić information content (AvgIpc) is 2.77. The van der Waals surface area contributed by atoms with Gasteiger partial charge in [-0.25, -0.2) is 4.98 Å². The highest BCUT2D eigenvalue weighted by molar-refractivity contribution is 7.11. The monoisotopic (exact) mass is 294 g/mol. The van der Waals surface area contributed by atoms with Gasteiger partial charge >= 0.3 is 0 Å². The Bertz CT molecular complexity index is 543. The van der Waals surface area contributed by atoms with Crippen molar-refractivity contribution < 1.29 is 0 Å². The second-order valence-corrected chi connectivity index (χ2v) is 7.20. The number of nitrogens with one attached hydrogen (secondary N) is 1. The van der Waals surface area contributed by atoms with Crippen molar-refractivity contribution in [1.29, 1.82) is 0 Å². The summed E-state index contributed by atoms with van der Waals surface area (Å²) in [6, 6.07) is 7.94. The van der Waals surface area contributed by atoms with E-state index in [4.69, 9.17) is 11.6 Å². The summed E-state index contributed by atoms with van der Waals surface area (Å²) in [4.78, 5) is 5.73. The van der Waals surface area contributed by atoms with E-state index in [1.807, 2.05) is 24.4 Å². The molecule has 0 bridgehead atoms. The number of hydrogen-bond donors (Lipinski definition) is 1. The van der Waals surface area contributed by atoms with Gasteiger partial charge in [-0.15, -0.1) is 11.3 Å². The minimum atomic E-state index is 0.132. The van der Waals surface area contributed by atoms with Crippen molar-refractivity contribution in [2.45, 2.75) is 39.3 Å². The number of nitrogens with zero attached hydrogens (tertiary/aromatic N) is 1. The first-order valence-electron chi connectivity index (χ1n) is 6.36. The van der Waals surface area contributed by atoms with Gasteiger partial charge in [-0.1, -0.05) is 29.8 Å². The molecule has 0 unspecified atom stereocenters. The fraction of sp³-hybridized carbons (Fsp3) is 0.400. The SMILES string of the molecule is CC(C)(C)NCc1cnc(Cc2ccccc2Cl)s1. The molecule has 2 nitrogen and oxygen atoms in total. The lowest BCUT2D eigenvalue weighted by atomic mass is 10.1. The Hall–Kier alpha value is -0.900. The number of hydrogen-bond acceptors (Lipinski definition) is 3. The van der Waals surface area contributed by atoms with Gasteiger partial charge in [-0.05, 0) is 32.4 Å². The highest BCUT2D eigenvalue weighted by atomic mass is 35.5. The van der Waals surface area contributed by atoms with Crippen LogP contribution in [0.4, 0.5) is 0 Å². The number of thiazole rings is 1. The molecule has 0 amide bonds. The van der Waals surface area contributed by atoms with Gasteiger partial charge in [-0.3, -0.25) is 0 Å². The van der Waals surface area contributed by atoms with Crippen LogP contribution in [0.1, 0.15) is 36.2 Å². The molecule has 1 aromatic heterocycles. The van der Waals surface area contributed by atoms with Gasteiger partial charge in [0, 0.05) is 34.6 Å². The molecule has 0 aliphatic heterocycles. The maximum Gasteiger partial charge on any atom is 0.0972 e. The Labute approximate surface area is 123 Å². The van der Waals surface area contributed by atoms with Crippen LogP contribution in [0.2, 0.25) is 5.02 Å². The Morgan fingerprint density at radius 3 is 2.68 bits per heavy atom. The zero-order chi connectivity index (χ0) is 13.9. The first-order chi connectivity index (χ1) is 8.94. The molecule has 1 heterocycles. The summed E-state index contributed by atoms with van der Waals surface area (Å²) in [5, 5.41) is 5.39. The molecule has 0 saturated carbocycles. The van der Waals surface area contributed by atoms with Crippen LogP contribution in [0.25, 0.3) is 0 Å². The van der Waals surface area contributed by atoms with Crippen molar-refractivity contribution in [2.24, 2.45) is 0 Å². The molecule has 19 heavy (non-hydrogen) atoms. The van der Waals surface area contributed by atoms with Gasteiger partial charge in [0.25, 0.3) is 0 Å². The lowest BCUT2D eigenvalue weighted by Crippen LogP contribution is -2.34. The van der Waals surface area contributed by atoms with E-state index in [1.165, 1.54) is 4.88 Å². The summed E-state index contributed by atoms with van der Waals surface area (Å²) in [6.07, 6.45) is 2.76. The molecule has 0 aliphatic carbocycles. The minimum absolute atomic E-state index is 0.132. The molecule has 0 saturated heterocycles. The molecule has 0 aliphatic rings. The minimum Gasteiger partial charge on any atom is -0.307 e. The third kappa shape index (κ3) is 4.60. The van der Waals surface area contributed by atoms with Crippen LogP contribution in [0, 0.1) is 0 Å². The van der Waals surface area contributed by atoms with E-state index >= 15 is 0 Å². The lowest BCUT2D eigenvalue weighted by Gasteiger charge is -2.19. The van der Waals surface area contributed by atoms with Crippen LogP contribution in [0.15, 0.2) is 30.5 Å². The molecule has 2 rings (SSSR count). The summed E-state index contributed by atoms with van der Waals surface area (Å²) in [5.74, 6) is 0. The van der Waals surface area contributed by atoms with E-state index < -0.39 is 0 Å². The fourth-order valence-electron chi connectivity index (χ4n) is 1.67. The first kappa shape index (κ1) is 14.5. The van der Waals surface area contributed by atoms with Crippen LogP contribution in [-0.2, 0) is 13.0 Å². The average molecular weight is 295 g/mol. The number of rotatable bonds is 4. The van der Waals surface area contributed by atoms with Crippen LogP contribution >= 0.6 is 22.9 Å². The first-order valence-corrected chi connectivity index (χ1v) is 7.55. The van der Waals surface area contributed by atoms with Gasteiger partial charge in [0.15, 0.2) is 0 Å². The highest BCUT2D eigenvalue weighted by Gasteiger charge is 2.10. The van der Waals surface area contributed by atoms with Crippen LogP contribution in [-0.4, -0.2) is 10.5 Å². The predicted molar refractivity (Wildman–Crippen MR) is 83.0 cm³/mol. The Balaban J connectivity index is 2.00. The van der Waals surface area contributed by atoms with E-state index in [0.29, 0.717) is 0 Å². The van der Waals surface area contributed by atoms with E-state index in [2.05, 4.69) is 37.1 Å². The van der Waals surface area contributed by atoms with Crippen molar-refractivity contribution in [3.8, 4) is 0 Å². The lowest BCUT2D eigenvalue weighted by molar-refractivity contribution is 0.426. The van der Waals surface area contributed by atoms with Crippen molar-refractivity contribution >= 4 is 22.9 Å².